The Bertz CT molecular complexity index is 1180. The molecule has 0 spiro atoms. The normalized spacial score (nSPS) is 16.6. The Kier molecular flexibility index (Phi) is 3.86. The van der Waals surface area contributed by atoms with Gasteiger partial charge in [-0.1, -0.05) is 25.1 Å². The van der Waals surface area contributed by atoms with Gasteiger partial charge < -0.3 is 0 Å². The summed E-state index contributed by atoms with van der Waals surface area (Å²) in [5, 5.41) is 12.7. The number of thiophene rings is 1. The van der Waals surface area contributed by atoms with E-state index >= 15 is 0 Å². The second-order valence-electron chi connectivity index (χ2n) is 7.05. The number of para-hydroxylation sites is 1. The van der Waals surface area contributed by atoms with Crippen LogP contribution < -0.4 is 5.56 Å². The number of aromatic nitrogens is 6. The first-order valence-electron chi connectivity index (χ1n) is 9.03. The highest BCUT2D eigenvalue weighted by molar-refractivity contribution is 7.18. The van der Waals surface area contributed by atoms with Crippen molar-refractivity contribution in [1.82, 2.24) is 29.8 Å². The lowest BCUT2D eigenvalue weighted by atomic mass is 9.89. The van der Waals surface area contributed by atoms with Gasteiger partial charge in [-0.3, -0.25) is 9.36 Å². The van der Waals surface area contributed by atoms with Gasteiger partial charge in [-0.25, -0.2) is 4.98 Å². The number of tetrazole rings is 1. The van der Waals surface area contributed by atoms with Gasteiger partial charge in [0.15, 0.2) is 5.82 Å². The van der Waals surface area contributed by atoms with E-state index in [1.54, 1.807) is 26.9 Å². The van der Waals surface area contributed by atoms with E-state index in [0.717, 1.165) is 35.2 Å². The van der Waals surface area contributed by atoms with Crippen molar-refractivity contribution in [2.45, 2.75) is 32.7 Å². The molecule has 3 heterocycles. The minimum Gasteiger partial charge on any atom is -0.291 e. The van der Waals surface area contributed by atoms with Gasteiger partial charge in [0, 0.05) is 4.88 Å². The zero-order valence-corrected chi connectivity index (χ0v) is 15.7. The third-order valence-electron chi connectivity index (χ3n) is 5.13. The van der Waals surface area contributed by atoms with E-state index in [0.29, 0.717) is 11.7 Å². The maximum absolute atomic E-state index is 13.2. The quantitative estimate of drug-likeness (QED) is 0.548. The summed E-state index contributed by atoms with van der Waals surface area (Å²) in [7, 11) is 0. The van der Waals surface area contributed by atoms with Gasteiger partial charge in [-0.15, -0.1) is 16.4 Å². The fourth-order valence-corrected chi connectivity index (χ4v) is 5.05. The minimum atomic E-state index is -0.00494. The first-order valence-corrected chi connectivity index (χ1v) is 9.84. The van der Waals surface area contributed by atoms with E-state index in [-0.39, 0.29) is 12.1 Å². The predicted octanol–water partition coefficient (Wildman–Crippen LogP) is 2.61. The van der Waals surface area contributed by atoms with E-state index in [4.69, 9.17) is 0 Å². The number of nitrogens with zero attached hydrogens (tertiary/aromatic N) is 6. The van der Waals surface area contributed by atoms with Crippen molar-refractivity contribution in [3.8, 4) is 5.69 Å². The molecular formula is C19H18N6OS. The molecule has 8 heteroatoms. The van der Waals surface area contributed by atoms with Gasteiger partial charge in [-0.05, 0) is 53.3 Å². The van der Waals surface area contributed by atoms with Gasteiger partial charge in [0.2, 0.25) is 0 Å². The highest BCUT2D eigenvalue weighted by atomic mass is 32.1. The summed E-state index contributed by atoms with van der Waals surface area (Å²) in [4.78, 5) is 19.9. The molecule has 1 unspecified atom stereocenters. The maximum Gasteiger partial charge on any atom is 0.262 e. The van der Waals surface area contributed by atoms with Crippen molar-refractivity contribution in [3.05, 3.63) is 63.3 Å². The predicted molar refractivity (Wildman–Crippen MR) is 103 cm³/mol. The van der Waals surface area contributed by atoms with Crippen LogP contribution in [0.15, 0.2) is 41.5 Å². The standard InChI is InChI=1S/C19H18N6OS/c1-12-7-8-14-15(9-12)27-18-17(14)19(26)24(11-20-18)10-16-21-22-23-25(16)13-5-3-2-4-6-13/h2-6,11-12H,7-10H2,1H3. The first kappa shape index (κ1) is 16.3. The zero-order chi connectivity index (χ0) is 18.4. The van der Waals surface area contributed by atoms with Crippen molar-refractivity contribution < 1.29 is 0 Å². The molecule has 7 nitrogen and oxygen atoms in total. The number of benzene rings is 1. The van der Waals surface area contributed by atoms with Crippen LogP contribution in [0.25, 0.3) is 15.9 Å². The topological polar surface area (TPSA) is 78.5 Å². The van der Waals surface area contributed by atoms with E-state index in [1.807, 2.05) is 30.3 Å². The fourth-order valence-electron chi connectivity index (χ4n) is 3.71. The van der Waals surface area contributed by atoms with Crippen molar-refractivity contribution in [2.75, 3.05) is 0 Å². The molecule has 1 aromatic carbocycles. The van der Waals surface area contributed by atoms with E-state index in [2.05, 4.69) is 27.4 Å². The molecule has 5 rings (SSSR count). The van der Waals surface area contributed by atoms with Crippen LogP contribution >= 0.6 is 11.3 Å². The molecule has 0 N–H and O–H groups in total. The average Bonchev–Trinajstić information content (AvgIpc) is 3.28. The number of aryl methyl sites for hydroxylation is 1. The van der Waals surface area contributed by atoms with Crippen LogP contribution in [0.1, 0.15) is 29.6 Å². The largest absolute Gasteiger partial charge is 0.291 e. The SMILES string of the molecule is CC1CCc2c(sc3ncn(Cc4nnnn4-c4ccccc4)c(=O)c23)C1. The van der Waals surface area contributed by atoms with Crippen molar-refractivity contribution in [3.63, 3.8) is 0 Å². The molecular weight excluding hydrogens is 360 g/mol. The van der Waals surface area contributed by atoms with Gasteiger partial charge in [-0.2, -0.15) is 4.68 Å². The molecule has 3 aromatic heterocycles. The fraction of sp³-hybridized carbons (Fsp3) is 0.316. The Hall–Kier alpha value is -2.87. The van der Waals surface area contributed by atoms with Gasteiger partial charge >= 0.3 is 0 Å². The Balaban J connectivity index is 1.57. The Morgan fingerprint density at radius 2 is 2.11 bits per heavy atom. The molecule has 0 bridgehead atoms. The molecule has 1 atom stereocenters. The smallest absolute Gasteiger partial charge is 0.262 e. The van der Waals surface area contributed by atoms with Crippen LogP contribution in [0, 0.1) is 5.92 Å². The van der Waals surface area contributed by atoms with Crippen LogP contribution in [0.3, 0.4) is 0 Å². The summed E-state index contributed by atoms with van der Waals surface area (Å²) in [5.74, 6) is 1.27. The lowest BCUT2D eigenvalue weighted by Gasteiger charge is -2.17. The summed E-state index contributed by atoms with van der Waals surface area (Å²) in [6.07, 6.45) is 4.74. The summed E-state index contributed by atoms with van der Waals surface area (Å²) >= 11 is 1.66. The highest BCUT2D eigenvalue weighted by Gasteiger charge is 2.23. The molecule has 0 fully saturated rings. The Morgan fingerprint density at radius 1 is 1.26 bits per heavy atom. The summed E-state index contributed by atoms with van der Waals surface area (Å²) in [6, 6.07) is 9.66. The molecule has 4 aromatic rings. The van der Waals surface area contributed by atoms with Crippen LogP contribution in [0.5, 0.6) is 0 Å². The van der Waals surface area contributed by atoms with Crippen LogP contribution in [0.4, 0.5) is 0 Å². The highest BCUT2D eigenvalue weighted by Crippen LogP contribution is 2.35. The monoisotopic (exact) mass is 378 g/mol. The van der Waals surface area contributed by atoms with E-state index < -0.39 is 0 Å². The molecule has 136 valence electrons. The van der Waals surface area contributed by atoms with Gasteiger partial charge in [0.05, 0.1) is 23.9 Å². The van der Waals surface area contributed by atoms with E-state index in [1.165, 1.54) is 10.4 Å². The second-order valence-corrected chi connectivity index (χ2v) is 8.14. The Labute approximate surface area is 159 Å². The zero-order valence-electron chi connectivity index (χ0n) is 14.9. The molecule has 0 amide bonds. The number of rotatable bonds is 3. The molecule has 1 aliphatic carbocycles. The van der Waals surface area contributed by atoms with Crippen LogP contribution in [-0.2, 0) is 19.4 Å². The maximum atomic E-state index is 13.2. The second kappa shape index (κ2) is 6.38. The molecule has 0 saturated carbocycles. The Morgan fingerprint density at radius 3 is 2.96 bits per heavy atom. The molecule has 0 radical (unpaired) electrons. The number of hydrogen-bond donors (Lipinski definition) is 0. The van der Waals surface area contributed by atoms with Crippen molar-refractivity contribution in [1.29, 1.82) is 0 Å². The first-order chi connectivity index (χ1) is 13.2. The van der Waals surface area contributed by atoms with Crippen molar-refractivity contribution >= 4 is 21.6 Å². The lowest BCUT2D eigenvalue weighted by molar-refractivity contribution is 0.509. The van der Waals surface area contributed by atoms with Crippen molar-refractivity contribution in [2.24, 2.45) is 5.92 Å². The van der Waals surface area contributed by atoms with Crippen LogP contribution in [0.2, 0.25) is 0 Å². The molecule has 0 saturated heterocycles. The molecule has 1 aliphatic rings. The summed E-state index contributed by atoms with van der Waals surface area (Å²) < 4.78 is 3.26. The summed E-state index contributed by atoms with van der Waals surface area (Å²) in [6.45, 7) is 2.55. The molecule has 27 heavy (non-hydrogen) atoms. The van der Waals surface area contributed by atoms with Gasteiger partial charge in [0.1, 0.15) is 4.83 Å². The van der Waals surface area contributed by atoms with E-state index in [9.17, 15) is 4.79 Å². The number of hydrogen-bond acceptors (Lipinski definition) is 6. The van der Waals surface area contributed by atoms with Gasteiger partial charge in [0.25, 0.3) is 5.56 Å². The average molecular weight is 378 g/mol. The lowest BCUT2D eigenvalue weighted by Crippen LogP contribution is -2.23. The third-order valence-corrected chi connectivity index (χ3v) is 6.29. The third kappa shape index (κ3) is 2.76. The van der Waals surface area contributed by atoms with Crippen LogP contribution in [-0.4, -0.2) is 29.8 Å². The number of fused-ring (bicyclic) bond motifs is 3. The molecule has 0 aliphatic heterocycles. The minimum absolute atomic E-state index is 0.00494. The summed E-state index contributed by atoms with van der Waals surface area (Å²) in [5.41, 5.74) is 2.05.